The number of hydrogen-bond donors (Lipinski definition) is 3. The lowest BCUT2D eigenvalue weighted by atomic mass is 10.2. The second-order valence-electron chi connectivity index (χ2n) is 6.65. The van der Waals surface area contributed by atoms with Gasteiger partial charge in [0, 0.05) is 43.4 Å². The van der Waals surface area contributed by atoms with Crippen LogP contribution in [0.15, 0.2) is 35.7 Å². The Hall–Kier alpha value is -2.69. The number of nitrogens with one attached hydrogen (secondary N) is 3. The zero-order valence-corrected chi connectivity index (χ0v) is 16.6. The minimum absolute atomic E-state index is 0.220. The molecule has 3 N–H and O–H groups in total. The van der Waals surface area contributed by atoms with E-state index in [1.807, 2.05) is 29.5 Å². The van der Waals surface area contributed by atoms with Crippen LogP contribution in [0.4, 0.5) is 11.5 Å². The molecular weight excluding hydrogens is 376 g/mol. The van der Waals surface area contributed by atoms with Gasteiger partial charge in [-0.25, -0.2) is 15.0 Å². The minimum Gasteiger partial charge on any atom is -0.339 e. The number of amides is 1. The van der Waals surface area contributed by atoms with E-state index in [1.54, 1.807) is 12.4 Å². The zero-order valence-electron chi connectivity index (χ0n) is 15.8. The summed E-state index contributed by atoms with van der Waals surface area (Å²) in [6.45, 7) is 3.39. The van der Waals surface area contributed by atoms with E-state index in [1.165, 1.54) is 11.8 Å². The maximum atomic E-state index is 12.9. The number of aromatic nitrogens is 4. The molecular formula is C18H22N8OS. The van der Waals surface area contributed by atoms with Gasteiger partial charge in [-0.1, -0.05) is 11.8 Å². The molecule has 0 radical (unpaired) electrons. The molecule has 0 unspecified atom stereocenters. The van der Waals surface area contributed by atoms with Gasteiger partial charge < -0.3 is 10.2 Å². The molecule has 28 heavy (non-hydrogen) atoms. The number of hydrazine groups is 1. The van der Waals surface area contributed by atoms with Crippen LogP contribution in [0.25, 0.3) is 10.9 Å². The fourth-order valence-corrected chi connectivity index (χ4v) is 3.34. The van der Waals surface area contributed by atoms with E-state index in [2.05, 4.69) is 42.9 Å². The van der Waals surface area contributed by atoms with Gasteiger partial charge >= 0.3 is 0 Å². The van der Waals surface area contributed by atoms with Crippen LogP contribution < -0.4 is 10.7 Å². The molecule has 4 rings (SSSR count). The first-order valence-corrected chi connectivity index (χ1v) is 10.2. The molecule has 1 aliphatic heterocycles. The second-order valence-corrected chi connectivity index (χ2v) is 7.42. The van der Waals surface area contributed by atoms with E-state index < -0.39 is 0 Å². The second kappa shape index (κ2) is 8.13. The Labute approximate surface area is 166 Å². The van der Waals surface area contributed by atoms with Crippen molar-refractivity contribution in [3.05, 3.63) is 36.2 Å². The van der Waals surface area contributed by atoms with E-state index in [0.29, 0.717) is 16.5 Å². The predicted octanol–water partition coefficient (Wildman–Crippen LogP) is 1.71. The summed E-state index contributed by atoms with van der Waals surface area (Å²) in [6, 6.07) is 5.83. The van der Waals surface area contributed by atoms with Crippen molar-refractivity contribution in [3.8, 4) is 0 Å². The summed E-state index contributed by atoms with van der Waals surface area (Å²) in [4.78, 5) is 23.9. The maximum absolute atomic E-state index is 12.9. The largest absolute Gasteiger partial charge is 0.339 e. The number of carbonyl (C=O) groups is 1. The number of carbonyl (C=O) groups excluding carboxylic acids is 1. The molecule has 3 heterocycles. The van der Waals surface area contributed by atoms with Crippen LogP contribution in [0.2, 0.25) is 0 Å². The molecule has 1 fully saturated rings. The molecule has 0 aliphatic carbocycles. The van der Waals surface area contributed by atoms with Crippen molar-refractivity contribution in [1.29, 1.82) is 0 Å². The Morgan fingerprint density at radius 1 is 1.21 bits per heavy atom. The molecule has 3 aromatic rings. The van der Waals surface area contributed by atoms with Gasteiger partial charge in [-0.2, -0.15) is 5.10 Å². The summed E-state index contributed by atoms with van der Waals surface area (Å²) >= 11 is 1.43. The number of H-pyrrole nitrogens is 1. The van der Waals surface area contributed by atoms with Crippen LogP contribution in [-0.4, -0.2) is 75.5 Å². The van der Waals surface area contributed by atoms with Gasteiger partial charge in [-0.05, 0) is 31.5 Å². The molecule has 1 aromatic carbocycles. The number of hydrogen-bond acceptors (Lipinski definition) is 8. The highest BCUT2D eigenvalue weighted by Gasteiger charge is 2.20. The lowest BCUT2D eigenvalue weighted by molar-refractivity contribution is 0.0662. The molecule has 10 heteroatoms. The number of likely N-dealkylation sites (N-methyl/N-ethyl adjacent to an activating group) is 1. The highest BCUT2D eigenvalue weighted by atomic mass is 32.2. The third kappa shape index (κ3) is 4.08. The van der Waals surface area contributed by atoms with E-state index in [4.69, 9.17) is 0 Å². The highest BCUT2D eigenvalue weighted by Crippen LogP contribution is 2.23. The van der Waals surface area contributed by atoms with Crippen LogP contribution in [0.1, 0.15) is 10.4 Å². The third-order valence-corrected chi connectivity index (χ3v) is 5.22. The van der Waals surface area contributed by atoms with E-state index >= 15 is 0 Å². The predicted molar refractivity (Wildman–Crippen MR) is 110 cm³/mol. The molecule has 0 atom stereocenters. The molecule has 9 nitrogen and oxygen atoms in total. The summed E-state index contributed by atoms with van der Waals surface area (Å²) in [6.07, 6.45) is 5.24. The summed E-state index contributed by atoms with van der Waals surface area (Å²) in [7, 11) is 2.08. The van der Waals surface area contributed by atoms with Crippen molar-refractivity contribution in [2.75, 3.05) is 44.8 Å². The average Bonchev–Trinajstić information content (AvgIpc) is 3.17. The van der Waals surface area contributed by atoms with Gasteiger partial charge in [0.2, 0.25) is 0 Å². The number of nitrogens with zero attached hydrogens (tertiary/aromatic N) is 5. The van der Waals surface area contributed by atoms with Crippen molar-refractivity contribution in [2.45, 2.75) is 5.16 Å². The van der Waals surface area contributed by atoms with Crippen molar-refractivity contribution >= 4 is 40.1 Å². The first kappa shape index (κ1) is 18.7. The van der Waals surface area contributed by atoms with Gasteiger partial charge in [-0.3, -0.25) is 15.3 Å². The van der Waals surface area contributed by atoms with Crippen molar-refractivity contribution < 1.29 is 4.79 Å². The lowest BCUT2D eigenvalue weighted by Crippen LogP contribution is -2.52. The minimum atomic E-state index is -0.220. The number of thioether (sulfide) groups is 1. The molecule has 1 saturated heterocycles. The van der Waals surface area contributed by atoms with E-state index in [0.717, 1.165) is 42.8 Å². The standard InChI is InChI=1S/C18H22N8OS/c1-25-5-7-26(8-6-25)24-17(27)14-11-19-18(28-2)22-16(14)21-13-4-3-12-10-20-23-15(12)9-13/h3-4,9-11H,5-8H2,1-2H3,(H,20,23)(H,24,27)(H,19,21,22). The van der Waals surface area contributed by atoms with Crippen LogP contribution in [0.3, 0.4) is 0 Å². The normalized spacial score (nSPS) is 15.6. The number of benzene rings is 1. The van der Waals surface area contributed by atoms with Gasteiger partial charge in [0.1, 0.15) is 11.4 Å². The monoisotopic (exact) mass is 398 g/mol. The molecule has 0 saturated carbocycles. The van der Waals surface area contributed by atoms with Gasteiger partial charge in [0.25, 0.3) is 5.91 Å². The number of fused-ring (bicyclic) bond motifs is 1. The summed E-state index contributed by atoms with van der Waals surface area (Å²) < 4.78 is 0. The Morgan fingerprint density at radius 2 is 2.04 bits per heavy atom. The molecule has 1 aliphatic rings. The van der Waals surface area contributed by atoms with Crippen molar-refractivity contribution in [1.82, 2.24) is 35.5 Å². The van der Waals surface area contributed by atoms with Crippen molar-refractivity contribution in [2.24, 2.45) is 0 Å². The fourth-order valence-electron chi connectivity index (χ4n) is 3.00. The quantitative estimate of drug-likeness (QED) is 0.441. The highest BCUT2D eigenvalue weighted by molar-refractivity contribution is 7.98. The Morgan fingerprint density at radius 3 is 2.82 bits per heavy atom. The van der Waals surface area contributed by atoms with Gasteiger partial charge in [-0.15, -0.1) is 0 Å². The fraction of sp³-hybridized carbons (Fsp3) is 0.333. The Bertz CT molecular complexity index is 983. The van der Waals surface area contributed by atoms with Crippen LogP contribution in [0, 0.1) is 0 Å². The maximum Gasteiger partial charge on any atom is 0.270 e. The number of rotatable bonds is 5. The summed E-state index contributed by atoms with van der Waals surface area (Å²) in [5.41, 5.74) is 5.10. The first-order chi connectivity index (χ1) is 13.6. The average molecular weight is 398 g/mol. The Balaban J connectivity index is 1.57. The topological polar surface area (TPSA) is 102 Å². The smallest absolute Gasteiger partial charge is 0.270 e. The molecule has 1 amide bonds. The van der Waals surface area contributed by atoms with Crippen LogP contribution in [0.5, 0.6) is 0 Å². The van der Waals surface area contributed by atoms with Gasteiger partial charge in [0.05, 0.1) is 11.7 Å². The van der Waals surface area contributed by atoms with Crippen molar-refractivity contribution in [3.63, 3.8) is 0 Å². The summed E-state index contributed by atoms with van der Waals surface area (Å²) in [5.74, 6) is 0.257. The van der Waals surface area contributed by atoms with E-state index in [9.17, 15) is 4.79 Å². The van der Waals surface area contributed by atoms with Crippen LogP contribution in [-0.2, 0) is 0 Å². The Kier molecular flexibility index (Phi) is 5.42. The number of anilines is 2. The van der Waals surface area contributed by atoms with E-state index in [-0.39, 0.29) is 5.91 Å². The van der Waals surface area contributed by atoms with Gasteiger partial charge in [0.15, 0.2) is 5.16 Å². The molecule has 0 spiro atoms. The van der Waals surface area contributed by atoms with Crippen LogP contribution >= 0.6 is 11.8 Å². The molecule has 146 valence electrons. The number of aromatic amines is 1. The number of piperazine rings is 1. The summed E-state index contributed by atoms with van der Waals surface area (Å²) in [5, 5.41) is 13.8. The molecule has 2 aromatic heterocycles. The lowest BCUT2D eigenvalue weighted by Gasteiger charge is -2.32. The zero-order chi connectivity index (χ0) is 19.5. The SMILES string of the molecule is CSc1ncc(C(=O)NN2CCN(C)CC2)c(Nc2ccc3cn[nH]c3c2)n1. The third-order valence-electron chi connectivity index (χ3n) is 4.66. The first-order valence-electron chi connectivity index (χ1n) is 8.98. The molecule has 0 bridgehead atoms.